The Balaban J connectivity index is 1.84. The zero-order chi connectivity index (χ0) is 20.3. The quantitative estimate of drug-likeness (QED) is 0.796. The third-order valence-electron chi connectivity index (χ3n) is 4.69. The van der Waals surface area contributed by atoms with Gasteiger partial charge in [-0.3, -0.25) is 4.79 Å². The molecule has 8 heteroatoms. The maximum Gasteiger partial charge on any atom is 0.259 e. The van der Waals surface area contributed by atoms with Crippen molar-refractivity contribution in [2.45, 2.75) is 24.3 Å². The Hall–Kier alpha value is -2.45. The molecule has 1 fully saturated rings. The molecular weight excluding hydrogens is 385 g/mol. The van der Waals surface area contributed by atoms with E-state index in [9.17, 15) is 17.6 Å². The van der Waals surface area contributed by atoms with Gasteiger partial charge in [-0.15, -0.1) is 0 Å². The summed E-state index contributed by atoms with van der Waals surface area (Å²) in [4.78, 5) is 12.7. The van der Waals surface area contributed by atoms with Gasteiger partial charge in [-0.2, -0.15) is 0 Å². The van der Waals surface area contributed by atoms with E-state index < -0.39 is 21.0 Å². The summed E-state index contributed by atoms with van der Waals surface area (Å²) in [6.07, 6.45) is 0.482. The van der Waals surface area contributed by atoms with E-state index in [2.05, 4.69) is 5.32 Å². The highest BCUT2D eigenvalue weighted by atomic mass is 32.2. The number of carbonyl (C=O) groups is 1. The Bertz CT molecular complexity index is 984. The first kappa shape index (κ1) is 20.3. The SMILES string of the molecule is COc1ccc(CS(=O)(=O)C2CCOC2)cc1C(=O)Nc1ccc(F)c(C)c1. The molecule has 0 aromatic heterocycles. The number of anilines is 1. The summed E-state index contributed by atoms with van der Waals surface area (Å²) in [7, 11) is -1.95. The van der Waals surface area contributed by atoms with Crippen LogP contribution in [0.15, 0.2) is 36.4 Å². The van der Waals surface area contributed by atoms with E-state index in [4.69, 9.17) is 9.47 Å². The van der Waals surface area contributed by atoms with Crippen molar-refractivity contribution in [2.75, 3.05) is 25.6 Å². The van der Waals surface area contributed by atoms with E-state index >= 15 is 0 Å². The largest absolute Gasteiger partial charge is 0.496 e. The predicted molar refractivity (Wildman–Crippen MR) is 104 cm³/mol. The molecule has 1 aliphatic heterocycles. The molecule has 6 nitrogen and oxygen atoms in total. The number of carbonyl (C=O) groups excluding carboxylic acids is 1. The fraction of sp³-hybridized carbons (Fsp3) is 0.350. The molecule has 1 heterocycles. The van der Waals surface area contributed by atoms with Gasteiger partial charge in [0.15, 0.2) is 9.84 Å². The molecule has 1 amide bonds. The van der Waals surface area contributed by atoms with Gasteiger partial charge in [0.05, 0.1) is 30.3 Å². The second-order valence-corrected chi connectivity index (χ2v) is 9.03. The number of hydrogen-bond donors (Lipinski definition) is 1. The van der Waals surface area contributed by atoms with E-state index in [1.165, 1.54) is 31.4 Å². The number of nitrogens with one attached hydrogen (secondary N) is 1. The highest BCUT2D eigenvalue weighted by Gasteiger charge is 2.30. The number of aryl methyl sites for hydroxylation is 1. The van der Waals surface area contributed by atoms with E-state index in [1.807, 2.05) is 0 Å². The Morgan fingerprint density at radius 3 is 2.71 bits per heavy atom. The molecule has 0 aliphatic carbocycles. The molecule has 2 aromatic rings. The number of halogens is 1. The molecule has 1 atom stereocenters. The lowest BCUT2D eigenvalue weighted by atomic mass is 10.1. The van der Waals surface area contributed by atoms with Crippen molar-refractivity contribution >= 4 is 21.4 Å². The molecule has 0 saturated carbocycles. The fourth-order valence-electron chi connectivity index (χ4n) is 3.09. The molecule has 0 bridgehead atoms. The Morgan fingerprint density at radius 2 is 2.07 bits per heavy atom. The molecule has 1 N–H and O–H groups in total. The van der Waals surface area contributed by atoms with Crippen molar-refractivity contribution in [3.63, 3.8) is 0 Å². The lowest BCUT2D eigenvalue weighted by molar-refractivity contribution is 0.102. The maximum atomic E-state index is 13.4. The average Bonchev–Trinajstić information content (AvgIpc) is 3.20. The van der Waals surface area contributed by atoms with E-state index in [0.717, 1.165) is 0 Å². The van der Waals surface area contributed by atoms with Crippen LogP contribution in [0.3, 0.4) is 0 Å². The van der Waals surface area contributed by atoms with E-state index in [1.54, 1.807) is 19.1 Å². The van der Waals surface area contributed by atoms with Crippen LogP contribution in [-0.2, 0) is 20.3 Å². The van der Waals surface area contributed by atoms with Crippen LogP contribution in [0.25, 0.3) is 0 Å². The topological polar surface area (TPSA) is 81.7 Å². The number of hydrogen-bond acceptors (Lipinski definition) is 5. The van der Waals surface area contributed by atoms with Gasteiger partial charge in [0, 0.05) is 12.3 Å². The Morgan fingerprint density at radius 1 is 1.29 bits per heavy atom. The van der Waals surface area contributed by atoms with Crippen molar-refractivity contribution in [3.8, 4) is 5.75 Å². The standard InChI is InChI=1S/C20H22FNO5S/c1-13-9-15(4-5-18(13)21)22-20(23)17-10-14(3-6-19(17)26-2)12-28(24,25)16-7-8-27-11-16/h3-6,9-10,16H,7-8,11-12H2,1-2H3,(H,22,23). The van der Waals surface area contributed by atoms with Crippen LogP contribution in [0.4, 0.5) is 10.1 Å². The lowest BCUT2D eigenvalue weighted by Crippen LogP contribution is -2.23. The van der Waals surface area contributed by atoms with E-state index in [0.29, 0.717) is 35.6 Å². The third kappa shape index (κ3) is 4.51. The summed E-state index contributed by atoms with van der Waals surface area (Å²) in [6, 6.07) is 8.97. The minimum absolute atomic E-state index is 0.180. The smallest absolute Gasteiger partial charge is 0.259 e. The number of amides is 1. The van der Waals surface area contributed by atoms with Crippen LogP contribution in [0.2, 0.25) is 0 Å². The van der Waals surface area contributed by atoms with Crippen molar-refractivity contribution in [3.05, 3.63) is 58.9 Å². The summed E-state index contributed by atoms with van der Waals surface area (Å²) in [5.74, 6) is -0.687. The molecule has 0 radical (unpaired) electrons. The second kappa shape index (κ2) is 8.28. The van der Waals surface area contributed by atoms with Crippen molar-refractivity contribution in [1.82, 2.24) is 0 Å². The number of ether oxygens (including phenoxy) is 2. The Kier molecular flexibility index (Phi) is 6.00. The monoisotopic (exact) mass is 407 g/mol. The zero-order valence-corrected chi connectivity index (χ0v) is 16.5. The number of benzene rings is 2. The first-order valence-corrected chi connectivity index (χ1v) is 10.6. The molecule has 0 spiro atoms. The molecule has 28 heavy (non-hydrogen) atoms. The van der Waals surface area contributed by atoms with Crippen LogP contribution in [0, 0.1) is 12.7 Å². The van der Waals surface area contributed by atoms with Gasteiger partial charge < -0.3 is 14.8 Å². The van der Waals surface area contributed by atoms with Crippen LogP contribution in [-0.4, -0.2) is 39.9 Å². The highest BCUT2D eigenvalue weighted by Crippen LogP contribution is 2.25. The number of methoxy groups -OCH3 is 1. The number of sulfone groups is 1. The minimum Gasteiger partial charge on any atom is -0.496 e. The van der Waals surface area contributed by atoms with Crippen LogP contribution < -0.4 is 10.1 Å². The Labute approximate surface area is 163 Å². The molecule has 1 unspecified atom stereocenters. The van der Waals surface area contributed by atoms with Crippen molar-refractivity contribution in [2.24, 2.45) is 0 Å². The highest BCUT2D eigenvalue weighted by molar-refractivity contribution is 7.91. The molecule has 1 saturated heterocycles. The van der Waals surface area contributed by atoms with Crippen LogP contribution in [0.5, 0.6) is 5.75 Å². The van der Waals surface area contributed by atoms with Crippen LogP contribution in [0.1, 0.15) is 27.9 Å². The summed E-state index contributed by atoms with van der Waals surface area (Å²) in [5, 5.41) is 2.17. The van der Waals surface area contributed by atoms with E-state index in [-0.39, 0.29) is 23.7 Å². The van der Waals surface area contributed by atoms with Gasteiger partial charge >= 0.3 is 0 Å². The molecule has 150 valence electrons. The summed E-state index contributed by atoms with van der Waals surface area (Å²) in [6.45, 7) is 2.25. The predicted octanol–water partition coefficient (Wildman–Crippen LogP) is 3.10. The molecular formula is C20H22FNO5S. The van der Waals surface area contributed by atoms with Crippen LogP contribution >= 0.6 is 0 Å². The normalized spacial score (nSPS) is 16.8. The van der Waals surface area contributed by atoms with Crippen molar-refractivity contribution < 1.29 is 27.1 Å². The molecule has 3 rings (SSSR count). The molecule has 1 aliphatic rings. The minimum atomic E-state index is -3.38. The maximum absolute atomic E-state index is 13.4. The lowest BCUT2D eigenvalue weighted by Gasteiger charge is -2.13. The van der Waals surface area contributed by atoms with Gasteiger partial charge in [0.25, 0.3) is 5.91 Å². The summed E-state index contributed by atoms with van der Waals surface area (Å²) < 4.78 is 48.9. The van der Waals surface area contributed by atoms with Gasteiger partial charge in [0.1, 0.15) is 11.6 Å². The number of rotatable bonds is 6. The van der Waals surface area contributed by atoms with Gasteiger partial charge in [-0.05, 0) is 54.8 Å². The summed E-state index contributed by atoms with van der Waals surface area (Å²) >= 11 is 0. The third-order valence-corrected chi connectivity index (χ3v) is 6.81. The van der Waals surface area contributed by atoms with Gasteiger partial charge in [-0.25, -0.2) is 12.8 Å². The first-order chi connectivity index (χ1) is 13.3. The first-order valence-electron chi connectivity index (χ1n) is 8.84. The second-order valence-electron chi connectivity index (χ2n) is 6.75. The zero-order valence-electron chi connectivity index (χ0n) is 15.7. The fourth-order valence-corrected chi connectivity index (χ4v) is 4.73. The average molecular weight is 407 g/mol. The summed E-state index contributed by atoms with van der Waals surface area (Å²) in [5.41, 5.74) is 1.54. The van der Waals surface area contributed by atoms with Crippen molar-refractivity contribution in [1.29, 1.82) is 0 Å². The van der Waals surface area contributed by atoms with Gasteiger partial charge in [-0.1, -0.05) is 6.07 Å². The molecule has 2 aromatic carbocycles. The van der Waals surface area contributed by atoms with Gasteiger partial charge in [0.2, 0.25) is 0 Å².